The van der Waals surface area contributed by atoms with Crippen molar-refractivity contribution in [2.75, 3.05) is 11.4 Å². The highest BCUT2D eigenvalue weighted by atomic mass is 16.4. The van der Waals surface area contributed by atoms with Crippen molar-refractivity contribution in [3.05, 3.63) is 30.1 Å². The number of anilines is 1. The molecule has 3 N–H and O–H groups in total. The van der Waals surface area contributed by atoms with Gasteiger partial charge in [0.2, 0.25) is 5.91 Å². The minimum absolute atomic E-state index is 0.0683. The van der Waals surface area contributed by atoms with E-state index in [9.17, 15) is 14.7 Å². The number of fused-ring (bicyclic) bond motifs is 1. The molecule has 2 aromatic heterocycles. The van der Waals surface area contributed by atoms with E-state index in [1.807, 2.05) is 0 Å². The third-order valence-electron chi connectivity index (χ3n) is 3.82. The third-order valence-corrected chi connectivity index (χ3v) is 3.82. The van der Waals surface area contributed by atoms with Gasteiger partial charge in [0.1, 0.15) is 11.7 Å². The maximum Gasteiger partial charge on any atom is 0.356 e. The molecule has 1 saturated heterocycles. The number of amides is 1. The summed E-state index contributed by atoms with van der Waals surface area (Å²) in [7, 11) is 0. The molecule has 7 nitrogen and oxygen atoms in total. The number of carboxylic acid groups (broad SMARTS) is 1. The molecule has 0 saturated carbocycles. The maximum atomic E-state index is 11.6. The third kappa shape index (κ3) is 2.20. The summed E-state index contributed by atoms with van der Waals surface area (Å²) in [4.78, 5) is 29.4. The number of aromatic carboxylic acids is 1. The van der Waals surface area contributed by atoms with Gasteiger partial charge in [0.05, 0.1) is 0 Å². The number of carboxylic acids is 1. The zero-order valence-corrected chi connectivity index (χ0v) is 11.4. The molecule has 3 heterocycles. The number of piperidine rings is 1. The zero-order chi connectivity index (χ0) is 15.0. The van der Waals surface area contributed by atoms with Crippen molar-refractivity contribution in [3.8, 4) is 0 Å². The number of pyridine rings is 1. The molecule has 0 bridgehead atoms. The average molecular weight is 288 g/mol. The van der Waals surface area contributed by atoms with E-state index in [1.165, 1.54) is 4.40 Å². The van der Waals surface area contributed by atoms with Crippen LogP contribution in [0.3, 0.4) is 0 Å². The molecule has 21 heavy (non-hydrogen) atoms. The van der Waals surface area contributed by atoms with Gasteiger partial charge in [-0.05, 0) is 31.4 Å². The summed E-state index contributed by atoms with van der Waals surface area (Å²) in [5.74, 6) is -1.20. The van der Waals surface area contributed by atoms with Gasteiger partial charge in [0.25, 0.3) is 0 Å². The van der Waals surface area contributed by atoms with Crippen LogP contribution in [0.4, 0.5) is 5.82 Å². The normalized spacial score (nSPS) is 18.9. The molecule has 0 aliphatic carbocycles. The first-order chi connectivity index (χ1) is 10.1. The first kappa shape index (κ1) is 13.4. The minimum atomic E-state index is -1.07. The van der Waals surface area contributed by atoms with E-state index in [4.69, 9.17) is 5.73 Å². The Morgan fingerprint density at radius 2 is 2.14 bits per heavy atom. The van der Waals surface area contributed by atoms with E-state index in [1.54, 1.807) is 29.3 Å². The molecule has 1 fully saturated rings. The Morgan fingerprint density at radius 3 is 2.86 bits per heavy atom. The molecule has 7 heteroatoms. The van der Waals surface area contributed by atoms with Crippen LogP contribution in [0.2, 0.25) is 0 Å². The van der Waals surface area contributed by atoms with Crippen molar-refractivity contribution in [1.29, 1.82) is 0 Å². The fourth-order valence-corrected chi connectivity index (χ4v) is 2.86. The fourth-order valence-electron chi connectivity index (χ4n) is 2.86. The fraction of sp³-hybridized carbons (Fsp3) is 0.357. The highest BCUT2D eigenvalue weighted by Gasteiger charge is 2.32. The summed E-state index contributed by atoms with van der Waals surface area (Å²) < 4.78 is 1.52. The Kier molecular flexibility index (Phi) is 3.25. The van der Waals surface area contributed by atoms with Crippen LogP contribution < -0.4 is 10.6 Å². The van der Waals surface area contributed by atoms with Crippen LogP contribution in [0.5, 0.6) is 0 Å². The number of carbonyl (C=O) groups excluding carboxylic acids is 1. The van der Waals surface area contributed by atoms with Gasteiger partial charge in [-0.1, -0.05) is 6.07 Å². The van der Waals surface area contributed by atoms with Gasteiger partial charge < -0.3 is 15.7 Å². The molecule has 1 amide bonds. The standard InChI is InChI=1S/C14H16N4O3/c15-12(19)9-5-1-3-7-17(9)13-11(14(20)21)18-8-4-2-6-10(18)16-13/h2,4,6,8-9H,1,3,5,7H2,(H2,15,19)(H,20,21). The number of nitrogens with zero attached hydrogens (tertiary/aromatic N) is 3. The van der Waals surface area contributed by atoms with Gasteiger partial charge in [0, 0.05) is 12.7 Å². The lowest BCUT2D eigenvalue weighted by Crippen LogP contribution is -2.48. The Hall–Kier alpha value is -2.57. The van der Waals surface area contributed by atoms with Gasteiger partial charge in [-0.3, -0.25) is 9.20 Å². The van der Waals surface area contributed by atoms with Crippen molar-refractivity contribution in [2.45, 2.75) is 25.3 Å². The van der Waals surface area contributed by atoms with Crippen molar-refractivity contribution in [1.82, 2.24) is 9.38 Å². The van der Waals surface area contributed by atoms with Crippen LogP contribution in [0.1, 0.15) is 29.8 Å². The second-order valence-electron chi connectivity index (χ2n) is 5.13. The second kappa shape index (κ2) is 5.08. The van der Waals surface area contributed by atoms with Gasteiger partial charge in [-0.2, -0.15) is 0 Å². The average Bonchev–Trinajstić information content (AvgIpc) is 2.86. The first-order valence-electron chi connectivity index (χ1n) is 6.86. The van der Waals surface area contributed by atoms with Crippen LogP contribution in [0.25, 0.3) is 5.65 Å². The van der Waals surface area contributed by atoms with Crippen molar-refractivity contribution in [3.63, 3.8) is 0 Å². The van der Waals surface area contributed by atoms with Gasteiger partial charge in [0.15, 0.2) is 11.5 Å². The quantitative estimate of drug-likeness (QED) is 0.873. The molecule has 0 radical (unpaired) electrons. The zero-order valence-electron chi connectivity index (χ0n) is 11.4. The van der Waals surface area contributed by atoms with E-state index in [0.717, 1.165) is 12.8 Å². The molecular formula is C14H16N4O3. The van der Waals surface area contributed by atoms with Crippen molar-refractivity contribution < 1.29 is 14.7 Å². The summed E-state index contributed by atoms with van der Waals surface area (Å²) in [5, 5.41) is 9.50. The Balaban J connectivity index is 2.16. The molecule has 1 unspecified atom stereocenters. The maximum absolute atomic E-state index is 11.6. The minimum Gasteiger partial charge on any atom is -0.476 e. The van der Waals surface area contributed by atoms with E-state index < -0.39 is 17.9 Å². The summed E-state index contributed by atoms with van der Waals surface area (Å²) in [6.07, 6.45) is 4.07. The molecule has 110 valence electrons. The predicted molar refractivity (Wildman–Crippen MR) is 76.3 cm³/mol. The van der Waals surface area contributed by atoms with Crippen LogP contribution >= 0.6 is 0 Å². The summed E-state index contributed by atoms with van der Waals surface area (Å²) in [5.41, 5.74) is 6.06. The Bertz CT molecular complexity index is 709. The monoisotopic (exact) mass is 288 g/mol. The van der Waals surface area contributed by atoms with Crippen LogP contribution in [-0.4, -0.2) is 39.0 Å². The number of primary amides is 1. The summed E-state index contributed by atoms with van der Waals surface area (Å²) >= 11 is 0. The lowest BCUT2D eigenvalue weighted by molar-refractivity contribution is -0.119. The number of aromatic nitrogens is 2. The largest absolute Gasteiger partial charge is 0.476 e. The smallest absolute Gasteiger partial charge is 0.356 e. The molecule has 0 aromatic carbocycles. The van der Waals surface area contributed by atoms with Crippen LogP contribution in [-0.2, 0) is 4.79 Å². The molecule has 3 rings (SSSR count). The number of nitrogens with two attached hydrogens (primary N) is 1. The lowest BCUT2D eigenvalue weighted by atomic mass is 10.0. The number of carbonyl (C=O) groups is 2. The van der Waals surface area contributed by atoms with E-state index in [0.29, 0.717) is 24.4 Å². The summed E-state index contributed by atoms with van der Waals surface area (Å²) in [6, 6.07) is 4.77. The van der Waals surface area contributed by atoms with E-state index >= 15 is 0 Å². The van der Waals surface area contributed by atoms with Gasteiger partial charge in [-0.15, -0.1) is 0 Å². The molecule has 2 aromatic rings. The Labute approximate surface area is 121 Å². The molecular weight excluding hydrogens is 272 g/mol. The van der Waals surface area contributed by atoms with Crippen molar-refractivity contribution >= 4 is 23.3 Å². The molecule has 1 atom stereocenters. The molecule has 1 aliphatic rings. The highest BCUT2D eigenvalue weighted by Crippen LogP contribution is 2.28. The van der Waals surface area contributed by atoms with Gasteiger partial charge in [-0.25, -0.2) is 9.78 Å². The number of hydrogen-bond donors (Lipinski definition) is 2. The summed E-state index contributed by atoms with van der Waals surface area (Å²) in [6.45, 7) is 0.581. The van der Waals surface area contributed by atoms with Crippen LogP contribution in [0, 0.1) is 0 Å². The van der Waals surface area contributed by atoms with Crippen LogP contribution in [0.15, 0.2) is 24.4 Å². The van der Waals surface area contributed by atoms with Crippen molar-refractivity contribution in [2.24, 2.45) is 5.73 Å². The van der Waals surface area contributed by atoms with E-state index in [-0.39, 0.29) is 5.69 Å². The number of rotatable bonds is 3. The second-order valence-corrected chi connectivity index (χ2v) is 5.13. The van der Waals surface area contributed by atoms with Gasteiger partial charge >= 0.3 is 5.97 Å². The first-order valence-corrected chi connectivity index (χ1v) is 6.86. The SMILES string of the molecule is NC(=O)C1CCCCN1c1nc2ccccn2c1C(=O)O. The predicted octanol–water partition coefficient (Wildman–Crippen LogP) is 0.877. The molecule has 1 aliphatic heterocycles. The topological polar surface area (TPSA) is 101 Å². The Morgan fingerprint density at radius 1 is 1.33 bits per heavy atom. The number of imidazole rings is 1. The van der Waals surface area contributed by atoms with E-state index in [2.05, 4.69) is 4.98 Å². The molecule has 0 spiro atoms. The lowest BCUT2D eigenvalue weighted by Gasteiger charge is -2.34. The highest BCUT2D eigenvalue weighted by molar-refractivity contribution is 5.94. The number of hydrogen-bond acceptors (Lipinski definition) is 4.